The van der Waals surface area contributed by atoms with Crippen molar-refractivity contribution in [1.29, 1.82) is 0 Å². The molecule has 1 unspecified atom stereocenters. The van der Waals surface area contributed by atoms with Gasteiger partial charge in [-0.05, 0) is 25.2 Å². The van der Waals surface area contributed by atoms with Crippen molar-refractivity contribution in [2.45, 2.75) is 52.4 Å². The molecular formula is C14H25. The van der Waals surface area contributed by atoms with E-state index in [2.05, 4.69) is 45.1 Å². The van der Waals surface area contributed by atoms with E-state index in [1.54, 1.807) is 0 Å². The molecule has 0 aliphatic carbocycles. The van der Waals surface area contributed by atoms with Gasteiger partial charge >= 0.3 is 0 Å². The van der Waals surface area contributed by atoms with Crippen LogP contribution >= 0.6 is 0 Å². The molecule has 0 saturated heterocycles. The second kappa shape index (κ2) is 10.6. The second-order valence-electron chi connectivity index (χ2n) is 3.85. The maximum Gasteiger partial charge on any atom is -0.0345 e. The highest BCUT2D eigenvalue weighted by Crippen LogP contribution is 2.08. The first kappa shape index (κ1) is 13.5. The first-order valence-corrected chi connectivity index (χ1v) is 5.96. The molecule has 14 heavy (non-hydrogen) atoms. The molecule has 0 aromatic rings. The fraction of sp³-hybridized carbons (Fsp3) is 0.643. The number of unbranched alkanes of at least 4 members (excludes halogenated alkanes) is 2. The molecule has 0 nitrogen and oxygen atoms in total. The minimum atomic E-state index is 0.628. The Morgan fingerprint density at radius 1 is 1.07 bits per heavy atom. The van der Waals surface area contributed by atoms with Crippen LogP contribution in [0, 0.1) is 12.8 Å². The van der Waals surface area contributed by atoms with Gasteiger partial charge in [0.25, 0.3) is 0 Å². The molecule has 0 rings (SSSR count). The second-order valence-corrected chi connectivity index (χ2v) is 3.85. The molecule has 0 amide bonds. The molecule has 0 fully saturated rings. The van der Waals surface area contributed by atoms with E-state index in [1.807, 2.05) is 0 Å². The standard InChI is InChI=1S/C14H25/c1-4-6-7-8-9-10-11-12-13-14(3)5-2/h8-11,14H,3-7,12-13H2,1-2H3. The number of rotatable bonds is 8. The Morgan fingerprint density at radius 2 is 1.71 bits per heavy atom. The summed E-state index contributed by atoms with van der Waals surface area (Å²) >= 11 is 0. The van der Waals surface area contributed by atoms with Crippen LogP contribution in [0.1, 0.15) is 52.4 Å². The van der Waals surface area contributed by atoms with E-state index in [4.69, 9.17) is 0 Å². The Bertz CT molecular complexity index is 153. The van der Waals surface area contributed by atoms with E-state index in [0.29, 0.717) is 5.92 Å². The van der Waals surface area contributed by atoms with Crippen molar-refractivity contribution in [3.8, 4) is 0 Å². The van der Waals surface area contributed by atoms with Crippen molar-refractivity contribution >= 4 is 0 Å². The van der Waals surface area contributed by atoms with Gasteiger partial charge < -0.3 is 0 Å². The molecule has 0 aliphatic heterocycles. The lowest BCUT2D eigenvalue weighted by atomic mass is 10.0. The summed E-state index contributed by atoms with van der Waals surface area (Å²) in [5.74, 6) is 0.628. The van der Waals surface area contributed by atoms with Crippen molar-refractivity contribution in [1.82, 2.24) is 0 Å². The zero-order valence-electron chi connectivity index (χ0n) is 9.84. The lowest BCUT2D eigenvalue weighted by Crippen LogP contribution is -1.89. The van der Waals surface area contributed by atoms with Gasteiger partial charge in [-0.15, -0.1) is 0 Å². The molecule has 0 saturated carbocycles. The number of hydrogen-bond donors (Lipinski definition) is 0. The zero-order chi connectivity index (χ0) is 10.6. The average Bonchev–Trinajstić information content (AvgIpc) is 2.21. The topological polar surface area (TPSA) is 0 Å². The molecule has 0 aliphatic rings. The first-order chi connectivity index (χ1) is 6.81. The average molecular weight is 193 g/mol. The quantitative estimate of drug-likeness (QED) is 0.379. The van der Waals surface area contributed by atoms with Gasteiger partial charge in [0.2, 0.25) is 0 Å². The van der Waals surface area contributed by atoms with Gasteiger partial charge in [-0.1, -0.05) is 64.3 Å². The third kappa shape index (κ3) is 9.57. The minimum Gasteiger partial charge on any atom is -0.0845 e. The van der Waals surface area contributed by atoms with E-state index in [1.165, 1.54) is 38.5 Å². The van der Waals surface area contributed by atoms with Gasteiger partial charge in [0.1, 0.15) is 0 Å². The van der Waals surface area contributed by atoms with Crippen LogP contribution in [0.2, 0.25) is 0 Å². The molecule has 0 aromatic carbocycles. The van der Waals surface area contributed by atoms with E-state index in [0.717, 1.165) is 0 Å². The van der Waals surface area contributed by atoms with Gasteiger partial charge in [-0.25, -0.2) is 0 Å². The smallest absolute Gasteiger partial charge is 0.0345 e. The Kier molecular flexibility index (Phi) is 10.2. The Morgan fingerprint density at radius 3 is 2.29 bits per heavy atom. The Hall–Kier alpha value is -0.520. The molecule has 0 N–H and O–H groups in total. The highest BCUT2D eigenvalue weighted by molar-refractivity contribution is 5.02. The van der Waals surface area contributed by atoms with Crippen LogP contribution in [0.3, 0.4) is 0 Å². The molecule has 0 heteroatoms. The third-order valence-electron chi connectivity index (χ3n) is 2.43. The molecule has 0 spiro atoms. The van der Waals surface area contributed by atoms with Crippen LogP contribution in [-0.4, -0.2) is 0 Å². The van der Waals surface area contributed by atoms with E-state index < -0.39 is 0 Å². The first-order valence-electron chi connectivity index (χ1n) is 5.96. The van der Waals surface area contributed by atoms with Gasteiger partial charge in [0.05, 0.1) is 0 Å². The minimum absolute atomic E-state index is 0.628. The summed E-state index contributed by atoms with van der Waals surface area (Å²) in [6.07, 6.45) is 16.2. The SMILES string of the molecule is [CH2]C(CC)CCC=CC=CCCCC. The number of allylic oxidation sites excluding steroid dienone is 4. The molecule has 81 valence electrons. The molecule has 0 bridgehead atoms. The normalized spacial score (nSPS) is 14.2. The van der Waals surface area contributed by atoms with Crippen LogP contribution in [0.4, 0.5) is 0 Å². The lowest BCUT2D eigenvalue weighted by molar-refractivity contribution is 0.575. The highest BCUT2D eigenvalue weighted by atomic mass is 14.0. The van der Waals surface area contributed by atoms with E-state index in [9.17, 15) is 0 Å². The summed E-state index contributed by atoms with van der Waals surface area (Å²) in [4.78, 5) is 0. The highest BCUT2D eigenvalue weighted by Gasteiger charge is 1.94. The lowest BCUT2D eigenvalue weighted by Gasteiger charge is -2.03. The zero-order valence-corrected chi connectivity index (χ0v) is 9.84. The summed E-state index contributed by atoms with van der Waals surface area (Å²) in [6, 6.07) is 0. The predicted molar refractivity (Wildman–Crippen MR) is 66.2 cm³/mol. The predicted octanol–water partition coefficient (Wildman–Crippen LogP) is 4.93. The third-order valence-corrected chi connectivity index (χ3v) is 2.43. The Balaban J connectivity index is 3.30. The maximum atomic E-state index is 4.06. The summed E-state index contributed by atoms with van der Waals surface area (Å²) < 4.78 is 0. The molecule has 0 aromatic heterocycles. The summed E-state index contributed by atoms with van der Waals surface area (Å²) in [5.41, 5.74) is 0. The van der Waals surface area contributed by atoms with Crippen molar-refractivity contribution in [2.24, 2.45) is 5.92 Å². The largest absolute Gasteiger partial charge is 0.0845 e. The maximum absolute atomic E-state index is 4.06. The van der Waals surface area contributed by atoms with Crippen molar-refractivity contribution in [3.05, 3.63) is 31.2 Å². The monoisotopic (exact) mass is 193 g/mol. The summed E-state index contributed by atoms with van der Waals surface area (Å²) in [6.45, 7) is 8.49. The molecule has 1 atom stereocenters. The Labute approximate surface area is 90.1 Å². The van der Waals surface area contributed by atoms with Crippen LogP contribution in [0.15, 0.2) is 24.3 Å². The van der Waals surface area contributed by atoms with E-state index in [-0.39, 0.29) is 0 Å². The van der Waals surface area contributed by atoms with Gasteiger partial charge in [0.15, 0.2) is 0 Å². The van der Waals surface area contributed by atoms with Crippen molar-refractivity contribution in [2.75, 3.05) is 0 Å². The van der Waals surface area contributed by atoms with Gasteiger partial charge in [-0.3, -0.25) is 0 Å². The van der Waals surface area contributed by atoms with Gasteiger partial charge in [0, 0.05) is 0 Å². The van der Waals surface area contributed by atoms with Crippen molar-refractivity contribution < 1.29 is 0 Å². The molecule has 0 heterocycles. The molecular weight excluding hydrogens is 168 g/mol. The number of hydrogen-bond acceptors (Lipinski definition) is 0. The van der Waals surface area contributed by atoms with Crippen LogP contribution in [-0.2, 0) is 0 Å². The van der Waals surface area contributed by atoms with E-state index >= 15 is 0 Å². The van der Waals surface area contributed by atoms with Crippen LogP contribution < -0.4 is 0 Å². The fourth-order valence-electron chi connectivity index (χ4n) is 1.21. The summed E-state index contributed by atoms with van der Waals surface area (Å²) in [7, 11) is 0. The molecule has 1 radical (unpaired) electrons. The fourth-order valence-corrected chi connectivity index (χ4v) is 1.21. The van der Waals surface area contributed by atoms with Crippen molar-refractivity contribution in [3.63, 3.8) is 0 Å². The van der Waals surface area contributed by atoms with Crippen LogP contribution in [0.25, 0.3) is 0 Å². The van der Waals surface area contributed by atoms with Gasteiger partial charge in [-0.2, -0.15) is 0 Å². The van der Waals surface area contributed by atoms with Crippen LogP contribution in [0.5, 0.6) is 0 Å². The summed E-state index contributed by atoms with van der Waals surface area (Å²) in [5, 5.41) is 0.